The summed E-state index contributed by atoms with van der Waals surface area (Å²) < 4.78 is 10.6. The fourth-order valence-electron chi connectivity index (χ4n) is 2.52. The SMILES string of the molecule is COc1ccc(OC)c(C(C(N)=O)N2CCNCC2)c1. The van der Waals surface area contributed by atoms with Crippen molar-refractivity contribution in [3.63, 3.8) is 0 Å². The van der Waals surface area contributed by atoms with E-state index in [4.69, 9.17) is 15.2 Å². The van der Waals surface area contributed by atoms with Crippen molar-refractivity contribution in [2.75, 3.05) is 40.4 Å². The molecule has 6 heteroatoms. The topological polar surface area (TPSA) is 76.8 Å². The van der Waals surface area contributed by atoms with E-state index in [1.807, 2.05) is 6.07 Å². The fraction of sp³-hybridized carbons (Fsp3) is 0.500. The Kier molecular flexibility index (Phi) is 4.81. The number of carbonyl (C=O) groups is 1. The van der Waals surface area contributed by atoms with Crippen molar-refractivity contribution in [1.29, 1.82) is 0 Å². The highest BCUT2D eigenvalue weighted by Gasteiger charge is 2.29. The van der Waals surface area contributed by atoms with Crippen molar-refractivity contribution in [3.8, 4) is 11.5 Å². The maximum atomic E-state index is 11.9. The van der Waals surface area contributed by atoms with Crippen LogP contribution >= 0.6 is 0 Å². The van der Waals surface area contributed by atoms with Crippen molar-refractivity contribution in [2.24, 2.45) is 5.73 Å². The number of benzene rings is 1. The van der Waals surface area contributed by atoms with Gasteiger partial charge in [0.05, 0.1) is 14.2 Å². The average molecular weight is 279 g/mol. The van der Waals surface area contributed by atoms with Crippen molar-refractivity contribution >= 4 is 5.91 Å². The highest BCUT2D eigenvalue weighted by molar-refractivity contribution is 5.82. The molecule has 1 aliphatic heterocycles. The number of hydrogen-bond acceptors (Lipinski definition) is 5. The largest absolute Gasteiger partial charge is 0.497 e. The molecule has 1 heterocycles. The first kappa shape index (κ1) is 14.6. The molecule has 3 N–H and O–H groups in total. The molecule has 1 atom stereocenters. The van der Waals surface area contributed by atoms with E-state index >= 15 is 0 Å². The van der Waals surface area contributed by atoms with Crippen LogP contribution in [0.2, 0.25) is 0 Å². The lowest BCUT2D eigenvalue weighted by atomic mass is 10.0. The van der Waals surface area contributed by atoms with Crippen molar-refractivity contribution in [1.82, 2.24) is 10.2 Å². The molecule has 0 bridgehead atoms. The van der Waals surface area contributed by atoms with Crippen LogP contribution in [-0.2, 0) is 4.79 Å². The molecule has 0 aromatic heterocycles. The van der Waals surface area contributed by atoms with E-state index in [0.29, 0.717) is 11.5 Å². The molecular formula is C14H21N3O3. The Morgan fingerprint density at radius 2 is 2.00 bits per heavy atom. The van der Waals surface area contributed by atoms with Crippen LogP contribution < -0.4 is 20.5 Å². The van der Waals surface area contributed by atoms with Crippen LogP contribution in [0, 0.1) is 0 Å². The number of primary amides is 1. The third-order valence-corrected chi connectivity index (χ3v) is 3.52. The maximum absolute atomic E-state index is 11.9. The third kappa shape index (κ3) is 3.02. The zero-order valence-corrected chi connectivity index (χ0v) is 11.9. The van der Waals surface area contributed by atoms with Gasteiger partial charge in [-0.25, -0.2) is 0 Å². The van der Waals surface area contributed by atoms with Gasteiger partial charge in [0, 0.05) is 31.7 Å². The highest BCUT2D eigenvalue weighted by atomic mass is 16.5. The summed E-state index contributed by atoms with van der Waals surface area (Å²) in [5, 5.41) is 3.26. The molecule has 0 spiro atoms. The normalized spacial score (nSPS) is 17.5. The number of rotatable bonds is 5. The lowest BCUT2D eigenvalue weighted by Crippen LogP contribution is -2.48. The molecule has 0 aliphatic carbocycles. The van der Waals surface area contributed by atoms with Crippen LogP contribution in [0.15, 0.2) is 18.2 Å². The molecule has 1 fully saturated rings. The van der Waals surface area contributed by atoms with E-state index in [1.54, 1.807) is 26.4 Å². The first-order valence-electron chi connectivity index (χ1n) is 6.63. The van der Waals surface area contributed by atoms with E-state index < -0.39 is 6.04 Å². The Morgan fingerprint density at radius 3 is 2.55 bits per heavy atom. The monoisotopic (exact) mass is 279 g/mol. The van der Waals surface area contributed by atoms with E-state index in [1.165, 1.54) is 0 Å². The van der Waals surface area contributed by atoms with Crippen LogP contribution in [0.25, 0.3) is 0 Å². The van der Waals surface area contributed by atoms with Crippen LogP contribution in [0.3, 0.4) is 0 Å². The average Bonchev–Trinajstić information content (AvgIpc) is 2.48. The number of methoxy groups -OCH3 is 2. The van der Waals surface area contributed by atoms with Gasteiger partial charge in [0.15, 0.2) is 0 Å². The molecule has 1 unspecified atom stereocenters. The second kappa shape index (κ2) is 6.58. The van der Waals surface area contributed by atoms with Gasteiger partial charge in [-0.15, -0.1) is 0 Å². The summed E-state index contributed by atoms with van der Waals surface area (Å²) in [6, 6.07) is 4.92. The van der Waals surface area contributed by atoms with Gasteiger partial charge in [-0.2, -0.15) is 0 Å². The molecule has 2 rings (SSSR count). The summed E-state index contributed by atoms with van der Waals surface area (Å²) in [4.78, 5) is 14.0. The molecule has 1 aliphatic rings. The number of carbonyl (C=O) groups excluding carboxylic acids is 1. The summed E-state index contributed by atoms with van der Waals surface area (Å²) >= 11 is 0. The van der Waals surface area contributed by atoms with Gasteiger partial charge in [0.1, 0.15) is 17.5 Å². The van der Waals surface area contributed by atoms with Gasteiger partial charge < -0.3 is 20.5 Å². The number of ether oxygens (including phenoxy) is 2. The van der Waals surface area contributed by atoms with Gasteiger partial charge in [0.2, 0.25) is 5.91 Å². The first-order chi connectivity index (χ1) is 9.67. The molecule has 1 amide bonds. The summed E-state index contributed by atoms with van der Waals surface area (Å²) in [6.45, 7) is 3.23. The predicted molar refractivity (Wildman–Crippen MR) is 75.9 cm³/mol. The number of hydrogen-bond donors (Lipinski definition) is 2. The minimum absolute atomic E-state index is 0.376. The molecule has 20 heavy (non-hydrogen) atoms. The van der Waals surface area contributed by atoms with Gasteiger partial charge >= 0.3 is 0 Å². The molecule has 1 saturated heterocycles. The minimum Gasteiger partial charge on any atom is -0.497 e. The molecule has 1 aromatic carbocycles. The Morgan fingerprint density at radius 1 is 1.30 bits per heavy atom. The van der Waals surface area contributed by atoms with E-state index in [-0.39, 0.29) is 5.91 Å². The summed E-state index contributed by atoms with van der Waals surface area (Å²) in [6.07, 6.45) is 0. The number of nitrogens with two attached hydrogens (primary N) is 1. The number of amides is 1. The summed E-state index contributed by atoms with van der Waals surface area (Å²) in [5.74, 6) is 0.953. The van der Waals surface area contributed by atoms with Gasteiger partial charge in [0.25, 0.3) is 0 Å². The van der Waals surface area contributed by atoms with E-state index in [0.717, 1.165) is 31.7 Å². The quantitative estimate of drug-likeness (QED) is 0.801. The molecule has 6 nitrogen and oxygen atoms in total. The zero-order chi connectivity index (χ0) is 14.5. The second-order valence-electron chi connectivity index (χ2n) is 4.70. The second-order valence-corrected chi connectivity index (χ2v) is 4.70. The molecule has 0 saturated carbocycles. The number of nitrogens with one attached hydrogen (secondary N) is 1. The van der Waals surface area contributed by atoms with Crippen molar-refractivity contribution < 1.29 is 14.3 Å². The highest BCUT2D eigenvalue weighted by Crippen LogP contribution is 2.32. The molecule has 0 radical (unpaired) electrons. The Labute approximate surface area is 118 Å². The number of nitrogens with zero attached hydrogens (tertiary/aromatic N) is 1. The van der Waals surface area contributed by atoms with Crippen LogP contribution in [0.1, 0.15) is 11.6 Å². The third-order valence-electron chi connectivity index (χ3n) is 3.52. The smallest absolute Gasteiger partial charge is 0.239 e. The van der Waals surface area contributed by atoms with Gasteiger partial charge in [-0.3, -0.25) is 9.69 Å². The summed E-state index contributed by atoms with van der Waals surface area (Å²) in [7, 11) is 3.18. The lowest BCUT2D eigenvalue weighted by Gasteiger charge is -2.33. The lowest BCUT2D eigenvalue weighted by molar-refractivity contribution is -0.123. The standard InChI is InChI=1S/C14H21N3O3/c1-19-10-3-4-12(20-2)11(9-10)13(14(15)18)17-7-5-16-6-8-17/h3-4,9,13,16H,5-8H2,1-2H3,(H2,15,18). The predicted octanol–water partition coefficient (Wildman–Crippen LogP) is 0.135. The van der Waals surface area contributed by atoms with Crippen LogP contribution in [0.5, 0.6) is 11.5 Å². The van der Waals surface area contributed by atoms with Gasteiger partial charge in [-0.1, -0.05) is 0 Å². The van der Waals surface area contributed by atoms with Crippen LogP contribution in [0.4, 0.5) is 0 Å². The summed E-state index contributed by atoms with van der Waals surface area (Å²) in [5.41, 5.74) is 6.37. The minimum atomic E-state index is -0.498. The fourth-order valence-corrected chi connectivity index (χ4v) is 2.52. The molecule has 1 aromatic rings. The van der Waals surface area contributed by atoms with Crippen molar-refractivity contribution in [2.45, 2.75) is 6.04 Å². The Hall–Kier alpha value is -1.79. The van der Waals surface area contributed by atoms with Crippen molar-refractivity contribution in [3.05, 3.63) is 23.8 Å². The van der Waals surface area contributed by atoms with Gasteiger partial charge in [-0.05, 0) is 18.2 Å². The van der Waals surface area contributed by atoms with E-state index in [2.05, 4.69) is 10.2 Å². The maximum Gasteiger partial charge on any atom is 0.239 e. The zero-order valence-electron chi connectivity index (χ0n) is 11.9. The molecular weight excluding hydrogens is 258 g/mol. The molecule has 110 valence electrons. The first-order valence-corrected chi connectivity index (χ1v) is 6.63. The Bertz CT molecular complexity index is 473. The number of piperazine rings is 1. The van der Waals surface area contributed by atoms with Crippen LogP contribution in [-0.4, -0.2) is 51.2 Å². The van der Waals surface area contributed by atoms with E-state index in [9.17, 15) is 4.79 Å². The Balaban J connectivity index is 2.39.